The summed E-state index contributed by atoms with van der Waals surface area (Å²) in [6.45, 7) is 16.4. The van der Waals surface area contributed by atoms with Gasteiger partial charge in [-0.15, -0.1) is 0 Å². The predicted molar refractivity (Wildman–Crippen MR) is 149 cm³/mol. The Labute approximate surface area is 224 Å². The van der Waals surface area contributed by atoms with Crippen molar-refractivity contribution in [1.82, 2.24) is 20.0 Å². The maximum Gasteiger partial charge on any atom is 0.410 e. The van der Waals surface area contributed by atoms with Crippen molar-refractivity contribution in [2.75, 3.05) is 40.3 Å². The largest absolute Gasteiger partial charge is 0.444 e. The van der Waals surface area contributed by atoms with Crippen LogP contribution in [-0.4, -0.2) is 90.4 Å². The molecule has 0 atom stereocenters. The van der Waals surface area contributed by atoms with Crippen LogP contribution in [0.15, 0.2) is 30.3 Å². The molecule has 37 heavy (non-hydrogen) atoms. The molecule has 3 rings (SSSR count). The van der Waals surface area contributed by atoms with Gasteiger partial charge in [0.05, 0.1) is 0 Å². The van der Waals surface area contributed by atoms with Crippen LogP contribution in [0.4, 0.5) is 9.59 Å². The van der Waals surface area contributed by atoms with Crippen LogP contribution < -0.4 is 5.32 Å². The highest BCUT2D eigenvalue weighted by atomic mass is 16.6. The van der Waals surface area contributed by atoms with E-state index in [-0.39, 0.29) is 18.2 Å². The van der Waals surface area contributed by atoms with E-state index in [1.807, 2.05) is 61.7 Å². The molecule has 0 unspecified atom stereocenters. The Kier molecular flexibility index (Phi) is 11.7. The van der Waals surface area contributed by atoms with E-state index >= 15 is 0 Å². The number of benzene rings is 1. The van der Waals surface area contributed by atoms with E-state index in [4.69, 9.17) is 9.47 Å². The standard InChI is InChI=1S/C18H28N2O2.C11H22N2O2/c1-18(2,3)22-17(21)19(4)16-10-12-20(13-11-16)14-15-8-6-5-7-9-15;1-11(2,3)15-10(14)13(4)9-5-7-12-8-6-9/h5-9,16H,10-14H2,1-4H3;9,12H,5-8H2,1-4H3. The van der Waals surface area contributed by atoms with Crippen LogP contribution in [0.2, 0.25) is 0 Å². The third-order valence-corrected chi connectivity index (χ3v) is 6.57. The molecule has 0 bridgehead atoms. The third kappa shape index (κ3) is 11.7. The Morgan fingerprint density at radius 2 is 1.24 bits per heavy atom. The first kappa shape index (κ1) is 30.9. The quantitative estimate of drug-likeness (QED) is 0.596. The van der Waals surface area contributed by atoms with Crippen molar-refractivity contribution in [2.24, 2.45) is 0 Å². The van der Waals surface area contributed by atoms with E-state index in [1.54, 1.807) is 9.80 Å². The summed E-state index contributed by atoms with van der Waals surface area (Å²) in [6.07, 6.45) is 3.60. The number of nitrogens with zero attached hydrogens (tertiary/aromatic N) is 3. The highest BCUT2D eigenvalue weighted by Crippen LogP contribution is 2.20. The van der Waals surface area contributed by atoms with Gasteiger partial charge in [-0.05, 0) is 85.9 Å². The highest BCUT2D eigenvalue weighted by molar-refractivity contribution is 5.68. The summed E-state index contributed by atoms with van der Waals surface area (Å²) in [5.41, 5.74) is 0.513. The normalized spacial score (nSPS) is 17.8. The zero-order chi connectivity index (χ0) is 27.6. The zero-order valence-electron chi connectivity index (χ0n) is 24.4. The maximum atomic E-state index is 12.1. The van der Waals surface area contributed by atoms with Crippen molar-refractivity contribution < 1.29 is 19.1 Å². The van der Waals surface area contributed by atoms with Crippen molar-refractivity contribution in [3.8, 4) is 0 Å². The van der Waals surface area contributed by atoms with Gasteiger partial charge in [0.15, 0.2) is 0 Å². The fourth-order valence-corrected chi connectivity index (χ4v) is 4.47. The van der Waals surface area contributed by atoms with Gasteiger partial charge in [0.2, 0.25) is 0 Å². The summed E-state index contributed by atoms with van der Waals surface area (Å²) in [7, 11) is 3.68. The lowest BCUT2D eigenvalue weighted by Gasteiger charge is -2.37. The summed E-state index contributed by atoms with van der Waals surface area (Å²) in [5.74, 6) is 0. The molecule has 2 aliphatic rings. The number of hydrogen-bond acceptors (Lipinski definition) is 6. The first-order chi connectivity index (χ1) is 17.2. The lowest BCUT2D eigenvalue weighted by molar-refractivity contribution is 0.0147. The van der Waals surface area contributed by atoms with Gasteiger partial charge in [-0.3, -0.25) is 4.90 Å². The summed E-state index contributed by atoms with van der Waals surface area (Å²) >= 11 is 0. The molecule has 2 amide bonds. The first-order valence-corrected chi connectivity index (χ1v) is 13.6. The number of piperidine rings is 2. The number of likely N-dealkylation sites (tertiary alicyclic amines) is 1. The van der Waals surface area contributed by atoms with Gasteiger partial charge in [-0.25, -0.2) is 9.59 Å². The van der Waals surface area contributed by atoms with E-state index in [0.717, 1.165) is 58.4 Å². The van der Waals surface area contributed by atoms with E-state index in [1.165, 1.54) is 5.56 Å². The Bertz CT molecular complexity index is 821. The van der Waals surface area contributed by atoms with Crippen LogP contribution in [0.3, 0.4) is 0 Å². The van der Waals surface area contributed by atoms with Crippen molar-refractivity contribution in [3.63, 3.8) is 0 Å². The minimum atomic E-state index is -0.431. The topological polar surface area (TPSA) is 74.4 Å². The smallest absolute Gasteiger partial charge is 0.410 e. The van der Waals surface area contributed by atoms with Crippen molar-refractivity contribution in [1.29, 1.82) is 0 Å². The monoisotopic (exact) mass is 518 g/mol. The molecule has 210 valence electrons. The average molecular weight is 519 g/mol. The van der Waals surface area contributed by atoms with E-state index in [0.29, 0.717) is 6.04 Å². The average Bonchev–Trinajstić information content (AvgIpc) is 2.83. The van der Waals surface area contributed by atoms with Gasteiger partial charge < -0.3 is 24.6 Å². The highest BCUT2D eigenvalue weighted by Gasteiger charge is 2.29. The Balaban J connectivity index is 0.000000281. The van der Waals surface area contributed by atoms with Crippen LogP contribution >= 0.6 is 0 Å². The number of rotatable bonds is 4. The van der Waals surface area contributed by atoms with E-state index in [2.05, 4.69) is 34.5 Å². The number of nitrogens with one attached hydrogen (secondary N) is 1. The third-order valence-electron chi connectivity index (χ3n) is 6.57. The lowest BCUT2D eigenvalue weighted by Crippen LogP contribution is -2.46. The molecule has 1 N–H and O–H groups in total. The van der Waals surface area contributed by atoms with Crippen LogP contribution in [0.5, 0.6) is 0 Å². The van der Waals surface area contributed by atoms with Gasteiger partial charge in [0.25, 0.3) is 0 Å². The Morgan fingerprint density at radius 3 is 1.68 bits per heavy atom. The van der Waals surface area contributed by atoms with Crippen LogP contribution in [0, 0.1) is 0 Å². The van der Waals surface area contributed by atoms with Gasteiger partial charge in [-0.1, -0.05) is 30.3 Å². The molecule has 0 radical (unpaired) electrons. The van der Waals surface area contributed by atoms with Gasteiger partial charge in [0.1, 0.15) is 11.2 Å². The molecule has 2 fully saturated rings. The van der Waals surface area contributed by atoms with E-state index in [9.17, 15) is 9.59 Å². The molecule has 2 aliphatic heterocycles. The summed E-state index contributed by atoms with van der Waals surface area (Å²) in [4.78, 5) is 29.8. The molecule has 1 aromatic carbocycles. The number of ether oxygens (including phenoxy) is 2. The lowest BCUT2D eigenvalue weighted by atomic mass is 10.0. The molecule has 0 saturated carbocycles. The minimum Gasteiger partial charge on any atom is -0.444 e. The van der Waals surface area contributed by atoms with Crippen LogP contribution in [-0.2, 0) is 16.0 Å². The van der Waals surface area contributed by atoms with E-state index < -0.39 is 11.2 Å². The van der Waals surface area contributed by atoms with Crippen LogP contribution in [0.1, 0.15) is 72.8 Å². The second kappa shape index (κ2) is 14.0. The fourth-order valence-electron chi connectivity index (χ4n) is 4.47. The Morgan fingerprint density at radius 1 is 0.811 bits per heavy atom. The van der Waals surface area contributed by atoms with Crippen molar-refractivity contribution >= 4 is 12.2 Å². The maximum absolute atomic E-state index is 12.1. The molecule has 8 heteroatoms. The second-order valence-electron chi connectivity index (χ2n) is 12.2. The number of carbonyl (C=O) groups excluding carboxylic acids is 2. The fraction of sp³-hybridized carbons (Fsp3) is 0.724. The number of amides is 2. The van der Waals surface area contributed by atoms with Gasteiger partial charge in [0, 0.05) is 45.8 Å². The molecule has 2 heterocycles. The molecular weight excluding hydrogens is 468 g/mol. The molecule has 0 spiro atoms. The van der Waals surface area contributed by atoms with Gasteiger partial charge in [-0.2, -0.15) is 0 Å². The number of carbonyl (C=O) groups is 2. The summed E-state index contributed by atoms with van der Waals surface area (Å²) in [5, 5.41) is 3.28. The summed E-state index contributed by atoms with van der Waals surface area (Å²) in [6, 6.07) is 11.1. The first-order valence-electron chi connectivity index (χ1n) is 13.6. The van der Waals surface area contributed by atoms with Crippen LogP contribution in [0.25, 0.3) is 0 Å². The molecule has 2 saturated heterocycles. The van der Waals surface area contributed by atoms with Crippen molar-refractivity contribution in [2.45, 2.75) is 97.1 Å². The molecule has 1 aromatic rings. The number of hydrogen-bond donors (Lipinski definition) is 1. The molecule has 0 aromatic heterocycles. The zero-order valence-corrected chi connectivity index (χ0v) is 24.4. The van der Waals surface area contributed by atoms with Gasteiger partial charge >= 0.3 is 12.2 Å². The van der Waals surface area contributed by atoms with Crippen molar-refractivity contribution in [3.05, 3.63) is 35.9 Å². The SMILES string of the molecule is CN(C(=O)OC(C)(C)C)C1CCN(Cc2ccccc2)CC1.CN(C(=O)OC(C)(C)C)C1CCNCC1. The molecule has 0 aliphatic carbocycles. The summed E-state index contributed by atoms with van der Waals surface area (Å²) < 4.78 is 10.8. The molecular formula is C29H50N4O4. The Hall–Kier alpha value is -2.32. The second-order valence-corrected chi connectivity index (χ2v) is 12.2. The predicted octanol–water partition coefficient (Wildman–Crippen LogP) is 5.12. The molecule has 8 nitrogen and oxygen atoms in total. The minimum absolute atomic E-state index is 0.214.